The molecule has 0 unspecified atom stereocenters. The maximum atomic E-state index is 13.2. The summed E-state index contributed by atoms with van der Waals surface area (Å²) in [7, 11) is 0. The van der Waals surface area contributed by atoms with Crippen LogP contribution in [0.25, 0.3) is 0 Å². The molecule has 0 bridgehead atoms. The van der Waals surface area contributed by atoms with E-state index in [4.69, 9.17) is 4.74 Å². The number of alkyl halides is 3. The van der Waals surface area contributed by atoms with Crippen molar-refractivity contribution >= 4 is 23.4 Å². The average molecular weight is 505 g/mol. The fourth-order valence-corrected chi connectivity index (χ4v) is 3.97. The molecule has 1 amide bonds. The molecule has 10 heteroatoms. The van der Waals surface area contributed by atoms with Crippen LogP contribution in [0, 0.1) is 0 Å². The third-order valence-corrected chi connectivity index (χ3v) is 6.00. The Labute approximate surface area is 206 Å². The number of halogens is 3. The first-order valence-electron chi connectivity index (χ1n) is 10.8. The molecule has 0 spiro atoms. The van der Waals surface area contributed by atoms with E-state index in [1.165, 1.54) is 23.8 Å². The molecular formula is C25H27F3N4O2S. The first-order chi connectivity index (χ1) is 16.5. The fourth-order valence-electron chi connectivity index (χ4n) is 3.20. The number of ether oxygens (including phenoxy) is 1. The number of benzene rings is 2. The van der Waals surface area contributed by atoms with Crippen molar-refractivity contribution in [3.8, 4) is 5.75 Å². The Balaban J connectivity index is 1.64. The highest BCUT2D eigenvalue weighted by Crippen LogP contribution is 2.34. The highest BCUT2D eigenvalue weighted by atomic mass is 32.2. The SMILES string of the molecule is C=CCn1c(COc2ccc(C(C)(C)C)cc2)nnc1SCC(=O)Nc1ccccc1C(F)(F)F. The zero-order chi connectivity index (χ0) is 25.6. The monoisotopic (exact) mass is 504 g/mol. The number of nitrogens with zero attached hydrogens (tertiary/aromatic N) is 3. The van der Waals surface area contributed by atoms with Crippen LogP contribution in [-0.2, 0) is 29.5 Å². The van der Waals surface area contributed by atoms with Gasteiger partial charge < -0.3 is 10.1 Å². The van der Waals surface area contributed by atoms with Crippen molar-refractivity contribution in [1.82, 2.24) is 14.8 Å². The summed E-state index contributed by atoms with van der Waals surface area (Å²) in [5, 5.41) is 11.0. The quantitative estimate of drug-likeness (QED) is 0.282. The lowest BCUT2D eigenvalue weighted by molar-refractivity contribution is -0.137. The number of para-hydroxylation sites is 1. The second-order valence-electron chi connectivity index (χ2n) is 8.74. The van der Waals surface area contributed by atoms with Gasteiger partial charge >= 0.3 is 6.18 Å². The van der Waals surface area contributed by atoms with Crippen LogP contribution in [0.5, 0.6) is 5.75 Å². The molecule has 35 heavy (non-hydrogen) atoms. The molecule has 3 aromatic rings. The number of amides is 1. The number of rotatable bonds is 9. The van der Waals surface area contributed by atoms with Gasteiger partial charge in [-0.3, -0.25) is 9.36 Å². The minimum atomic E-state index is -4.57. The lowest BCUT2D eigenvalue weighted by atomic mass is 9.87. The third-order valence-electron chi connectivity index (χ3n) is 5.03. The van der Waals surface area contributed by atoms with Crippen LogP contribution in [0.1, 0.15) is 37.7 Å². The number of anilines is 1. The molecule has 0 aliphatic heterocycles. The van der Waals surface area contributed by atoms with Crippen LogP contribution in [0.15, 0.2) is 66.3 Å². The van der Waals surface area contributed by atoms with Gasteiger partial charge in [0.2, 0.25) is 5.91 Å². The molecule has 1 heterocycles. The van der Waals surface area contributed by atoms with Crippen molar-refractivity contribution in [3.63, 3.8) is 0 Å². The van der Waals surface area contributed by atoms with Gasteiger partial charge in [-0.05, 0) is 35.2 Å². The Kier molecular flexibility index (Phi) is 8.26. The summed E-state index contributed by atoms with van der Waals surface area (Å²) in [6, 6.07) is 12.7. The van der Waals surface area contributed by atoms with Crippen LogP contribution >= 0.6 is 11.8 Å². The maximum Gasteiger partial charge on any atom is 0.418 e. The number of carbonyl (C=O) groups excluding carboxylic acids is 1. The summed E-state index contributed by atoms with van der Waals surface area (Å²) in [4.78, 5) is 12.3. The summed E-state index contributed by atoms with van der Waals surface area (Å²) in [5.41, 5.74) is 0.0398. The molecular weight excluding hydrogens is 477 g/mol. The molecule has 0 saturated carbocycles. The summed E-state index contributed by atoms with van der Waals surface area (Å²) in [5.74, 6) is 0.492. The van der Waals surface area contributed by atoms with Gasteiger partial charge in [0.25, 0.3) is 0 Å². The van der Waals surface area contributed by atoms with Gasteiger partial charge in [-0.25, -0.2) is 0 Å². The molecule has 0 atom stereocenters. The Morgan fingerprint density at radius 1 is 1.11 bits per heavy atom. The molecule has 0 aliphatic carbocycles. The number of hydrogen-bond donors (Lipinski definition) is 1. The largest absolute Gasteiger partial charge is 0.486 e. The number of aromatic nitrogens is 3. The number of thioether (sulfide) groups is 1. The standard InChI is InChI=1S/C25H27F3N4O2S/c1-5-14-32-21(15-34-18-12-10-17(11-13-18)24(2,3)4)30-31-23(32)35-16-22(33)29-20-9-7-6-8-19(20)25(26,27)28/h5-13H,1,14-16H2,2-4H3,(H,29,33). The summed E-state index contributed by atoms with van der Waals surface area (Å²) in [6.45, 7) is 10.7. The van der Waals surface area contributed by atoms with E-state index in [1.807, 2.05) is 24.3 Å². The van der Waals surface area contributed by atoms with Crippen LogP contribution < -0.4 is 10.1 Å². The smallest absolute Gasteiger partial charge is 0.418 e. The minimum Gasteiger partial charge on any atom is -0.486 e. The van der Waals surface area contributed by atoms with Crippen LogP contribution in [0.2, 0.25) is 0 Å². The molecule has 0 radical (unpaired) electrons. The second kappa shape index (κ2) is 11.0. The van der Waals surface area contributed by atoms with E-state index >= 15 is 0 Å². The van der Waals surface area contributed by atoms with E-state index in [0.717, 1.165) is 17.8 Å². The van der Waals surface area contributed by atoms with Gasteiger partial charge in [0.1, 0.15) is 12.4 Å². The van der Waals surface area contributed by atoms with E-state index in [9.17, 15) is 18.0 Å². The van der Waals surface area contributed by atoms with Gasteiger partial charge in [0, 0.05) is 6.54 Å². The minimum absolute atomic E-state index is 0.0376. The summed E-state index contributed by atoms with van der Waals surface area (Å²) >= 11 is 1.07. The average Bonchev–Trinajstić information content (AvgIpc) is 3.17. The molecule has 6 nitrogen and oxygen atoms in total. The highest BCUT2D eigenvalue weighted by Gasteiger charge is 2.33. The number of hydrogen-bond acceptors (Lipinski definition) is 5. The van der Waals surface area contributed by atoms with Gasteiger partial charge in [0.05, 0.1) is 17.0 Å². The van der Waals surface area contributed by atoms with Gasteiger partial charge in [-0.15, -0.1) is 16.8 Å². The van der Waals surface area contributed by atoms with Gasteiger partial charge in [-0.2, -0.15) is 13.2 Å². The normalized spacial score (nSPS) is 11.8. The Bertz CT molecular complexity index is 1170. The van der Waals surface area contributed by atoms with Crippen molar-refractivity contribution in [2.75, 3.05) is 11.1 Å². The summed E-state index contributed by atoms with van der Waals surface area (Å²) in [6.07, 6.45) is -2.90. The van der Waals surface area contributed by atoms with Crippen LogP contribution in [-0.4, -0.2) is 26.4 Å². The van der Waals surface area contributed by atoms with E-state index in [0.29, 0.717) is 23.3 Å². The topological polar surface area (TPSA) is 69.0 Å². The highest BCUT2D eigenvalue weighted by molar-refractivity contribution is 7.99. The Hall–Kier alpha value is -3.27. The molecule has 2 aromatic carbocycles. The Morgan fingerprint density at radius 2 is 1.80 bits per heavy atom. The molecule has 0 fully saturated rings. The first-order valence-corrected chi connectivity index (χ1v) is 11.8. The predicted octanol–water partition coefficient (Wildman–Crippen LogP) is 6.09. The third kappa shape index (κ3) is 7.11. The molecule has 1 aromatic heterocycles. The second-order valence-corrected chi connectivity index (χ2v) is 9.68. The number of carbonyl (C=O) groups is 1. The van der Waals surface area contributed by atoms with Crippen molar-refractivity contribution in [3.05, 3.63) is 78.1 Å². The zero-order valence-electron chi connectivity index (χ0n) is 19.7. The number of allylic oxidation sites excluding steroid dienone is 1. The predicted molar refractivity (Wildman–Crippen MR) is 130 cm³/mol. The fraction of sp³-hybridized carbons (Fsp3) is 0.320. The van der Waals surface area contributed by atoms with Crippen molar-refractivity contribution in [2.45, 2.75) is 50.7 Å². The van der Waals surface area contributed by atoms with Gasteiger partial charge in [0.15, 0.2) is 11.0 Å². The lowest BCUT2D eigenvalue weighted by Gasteiger charge is -2.19. The first kappa shape index (κ1) is 26.3. The molecule has 1 N–H and O–H groups in total. The lowest BCUT2D eigenvalue weighted by Crippen LogP contribution is -2.18. The van der Waals surface area contributed by atoms with Crippen molar-refractivity contribution in [1.29, 1.82) is 0 Å². The van der Waals surface area contributed by atoms with Crippen LogP contribution in [0.3, 0.4) is 0 Å². The van der Waals surface area contributed by atoms with Gasteiger partial charge in [-0.1, -0.05) is 62.9 Å². The number of nitrogens with one attached hydrogen (secondary N) is 1. The molecule has 186 valence electrons. The van der Waals surface area contributed by atoms with E-state index in [-0.39, 0.29) is 23.5 Å². The molecule has 3 rings (SSSR count). The van der Waals surface area contributed by atoms with Crippen LogP contribution in [0.4, 0.5) is 18.9 Å². The summed E-state index contributed by atoms with van der Waals surface area (Å²) < 4.78 is 47.1. The maximum absolute atomic E-state index is 13.2. The van der Waals surface area contributed by atoms with E-state index < -0.39 is 17.6 Å². The Morgan fingerprint density at radius 3 is 2.43 bits per heavy atom. The van der Waals surface area contributed by atoms with E-state index in [2.05, 4.69) is 42.9 Å². The van der Waals surface area contributed by atoms with Crippen molar-refractivity contribution in [2.24, 2.45) is 0 Å². The van der Waals surface area contributed by atoms with Crippen molar-refractivity contribution < 1.29 is 22.7 Å². The van der Waals surface area contributed by atoms with E-state index in [1.54, 1.807) is 10.6 Å². The molecule has 0 aliphatic rings. The zero-order valence-corrected chi connectivity index (χ0v) is 20.5. The molecule has 0 saturated heterocycles.